The number of quaternary nitrogens is 1. The smallest absolute Gasteiger partial charge is 0.242 e. The largest absolute Gasteiger partial charge is 0.354 e. The monoisotopic (exact) mass is 372 g/mol. The van der Waals surface area contributed by atoms with Gasteiger partial charge in [0.15, 0.2) is 0 Å². The number of likely N-dealkylation sites (tertiary alicyclic amines) is 2. The van der Waals surface area contributed by atoms with Crippen LogP contribution in [0.1, 0.15) is 56.6 Å². The van der Waals surface area contributed by atoms with Crippen molar-refractivity contribution in [2.24, 2.45) is 0 Å². The third-order valence-corrected chi connectivity index (χ3v) is 6.16. The molecule has 0 saturated carbocycles. The number of aryl methyl sites for hydroxylation is 1. The van der Waals surface area contributed by atoms with Crippen LogP contribution in [0.2, 0.25) is 0 Å². The summed E-state index contributed by atoms with van der Waals surface area (Å²) in [5.41, 5.74) is 2.28. The lowest BCUT2D eigenvalue weighted by atomic mass is 10.0. The standard InChI is InChI=1S/C22H33N3O2/c1-17-7-9-19(10-8-17)16-25-20(11-12-21(25)26)22(27)23-13-5-15-24-14-4-3-6-18(24)2/h7-10,18,20H,3-6,11-16H2,1-2H3,(H,23,27)/p+1. The molecule has 2 heterocycles. The number of nitrogens with one attached hydrogen (secondary N) is 2. The van der Waals surface area contributed by atoms with Gasteiger partial charge in [-0.25, -0.2) is 0 Å². The summed E-state index contributed by atoms with van der Waals surface area (Å²) in [6.07, 6.45) is 6.10. The molecule has 2 saturated heterocycles. The van der Waals surface area contributed by atoms with Gasteiger partial charge in [-0.2, -0.15) is 0 Å². The van der Waals surface area contributed by atoms with Gasteiger partial charge < -0.3 is 15.1 Å². The molecule has 148 valence electrons. The number of carbonyl (C=O) groups excluding carboxylic acids is 2. The summed E-state index contributed by atoms with van der Waals surface area (Å²) in [5, 5.41) is 3.08. The highest BCUT2D eigenvalue weighted by molar-refractivity contribution is 5.90. The van der Waals surface area contributed by atoms with Crippen molar-refractivity contribution in [2.45, 2.75) is 71.0 Å². The Hall–Kier alpha value is -1.88. The first kappa shape index (κ1) is 19.9. The molecule has 2 fully saturated rings. The summed E-state index contributed by atoms with van der Waals surface area (Å²) >= 11 is 0. The molecule has 2 amide bonds. The maximum absolute atomic E-state index is 12.6. The predicted molar refractivity (Wildman–Crippen MR) is 106 cm³/mol. The minimum Gasteiger partial charge on any atom is -0.354 e. The zero-order valence-electron chi connectivity index (χ0n) is 16.8. The molecular weight excluding hydrogens is 338 g/mol. The fraction of sp³-hybridized carbons (Fsp3) is 0.636. The van der Waals surface area contributed by atoms with E-state index in [4.69, 9.17) is 0 Å². The first-order valence-corrected chi connectivity index (χ1v) is 10.5. The molecule has 5 nitrogen and oxygen atoms in total. The highest BCUT2D eigenvalue weighted by Crippen LogP contribution is 2.22. The summed E-state index contributed by atoms with van der Waals surface area (Å²) in [6, 6.07) is 8.60. The summed E-state index contributed by atoms with van der Waals surface area (Å²) in [4.78, 5) is 28.3. The molecule has 3 atom stereocenters. The van der Waals surface area contributed by atoms with E-state index in [0.717, 1.165) is 24.6 Å². The molecule has 0 radical (unpaired) electrons. The van der Waals surface area contributed by atoms with E-state index in [1.54, 1.807) is 9.80 Å². The van der Waals surface area contributed by atoms with Crippen molar-refractivity contribution >= 4 is 11.8 Å². The Morgan fingerprint density at radius 3 is 2.74 bits per heavy atom. The third-order valence-electron chi connectivity index (χ3n) is 6.16. The van der Waals surface area contributed by atoms with Gasteiger partial charge in [-0.15, -0.1) is 0 Å². The lowest BCUT2D eigenvalue weighted by molar-refractivity contribution is -0.928. The lowest BCUT2D eigenvalue weighted by Gasteiger charge is -2.30. The van der Waals surface area contributed by atoms with Gasteiger partial charge in [0.25, 0.3) is 0 Å². The second-order valence-electron chi connectivity index (χ2n) is 8.26. The Balaban J connectivity index is 1.46. The molecule has 1 aromatic rings. The predicted octanol–water partition coefficient (Wildman–Crippen LogP) is 1.45. The number of hydrogen-bond donors (Lipinski definition) is 2. The van der Waals surface area contributed by atoms with Crippen molar-refractivity contribution in [3.05, 3.63) is 35.4 Å². The SMILES string of the molecule is Cc1ccc(CN2C(=O)CCC2C(=O)NCCC[NH+]2CCCCC2C)cc1. The van der Waals surface area contributed by atoms with Crippen LogP contribution >= 0.6 is 0 Å². The van der Waals surface area contributed by atoms with Crippen LogP contribution in [0.3, 0.4) is 0 Å². The summed E-state index contributed by atoms with van der Waals surface area (Å²) in [5.74, 6) is 0.0944. The van der Waals surface area contributed by atoms with E-state index in [2.05, 4.69) is 24.4 Å². The first-order valence-electron chi connectivity index (χ1n) is 10.5. The fourth-order valence-electron chi connectivity index (χ4n) is 4.36. The number of benzene rings is 1. The van der Waals surface area contributed by atoms with Crippen LogP contribution in [0.4, 0.5) is 0 Å². The van der Waals surface area contributed by atoms with Crippen LogP contribution in [0.25, 0.3) is 0 Å². The molecule has 0 spiro atoms. The number of hydrogen-bond acceptors (Lipinski definition) is 2. The van der Waals surface area contributed by atoms with Crippen LogP contribution in [-0.2, 0) is 16.1 Å². The van der Waals surface area contributed by atoms with E-state index in [1.807, 2.05) is 19.1 Å². The molecule has 0 aromatic heterocycles. The third kappa shape index (κ3) is 5.32. The first-order chi connectivity index (χ1) is 13.0. The Morgan fingerprint density at radius 1 is 1.22 bits per heavy atom. The molecular formula is C22H34N3O2+. The van der Waals surface area contributed by atoms with Gasteiger partial charge in [0.1, 0.15) is 6.04 Å². The fourth-order valence-corrected chi connectivity index (χ4v) is 4.36. The molecule has 2 aliphatic heterocycles. The van der Waals surface area contributed by atoms with Crippen molar-refractivity contribution in [1.29, 1.82) is 0 Å². The maximum Gasteiger partial charge on any atom is 0.242 e. The van der Waals surface area contributed by atoms with Crippen molar-refractivity contribution < 1.29 is 14.5 Å². The minimum atomic E-state index is -0.319. The zero-order valence-corrected chi connectivity index (χ0v) is 16.8. The van der Waals surface area contributed by atoms with E-state index >= 15 is 0 Å². The van der Waals surface area contributed by atoms with Gasteiger partial charge in [0.05, 0.1) is 19.1 Å². The van der Waals surface area contributed by atoms with Crippen molar-refractivity contribution in [3.63, 3.8) is 0 Å². The molecule has 3 rings (SSSR count). The molecule has 2 N–H and O–H groups in total. The van der Waals surface area contributed by atoms with Crippen LogP contribution < -0.4 is 10.2 Å². The second-order valence-corrected chi connectivity index (χ2v) is 8.26. The van der Waals surface area contributed by atoms with Crippen molar-refractivity contribution in [2.75, 3.05) is 19.6 Å². The maximum atomic E-state index is 12.6. The van der Waals surface area contributed by atoms with E-state index in [0.29, 0.717) is 25.9 Å². The number of rotatable bonds is 7. The lowest BCUT2D eigenvalue weighted by Crippen LogP contribution is -3.16. The summed E-state index contributed by atoms with van der Waals surface area (Å²) in [6.45, 7) is 7.99. The van der Waals surface area contributed by atoms with E-state index in [9.17, 15) is 9.59 Å². The number of amides is 2. The van der Waals surface area contributed by atoms with Crippen LogP contribution in [-0.4, -0.2) is 48.4 Å². The van der Waals surface area contributed by atoms with E-state index in [-0.39, 0.29) is 17.9 Å². The number of piperidine rings is 1. The van der Waals surface area contributed by atoms with E-state index in [1.165, 1.54) is 31.4 Å². The highest BCUT2D eigenvalue weighted by atomic mass is 16.2. The Morgan fingerprint density at radius 2 is 2.00 bits per heavy atom. The Labute approximate surface area is 163 Å². The number of carbonyl (C=O) groups is 2. The average molecular weight is 373 g/mol. The second kappa shape index (κ2) is 9.36. The number of nitrogens with zero attached hydrogens (tertiary/aromatic N) is 1. The summed E-state index contributed by atoms with van der Waals surface area (Å²) in [7, 11) is 0. The van der Waals surface area contributed by atoms with Crippen LogP contribution in [0.15, 0.2) is 24.3 Å². The van der Waals surface area contributed by atoms with Gasteiger partial charge >= 0.3 is 0 Å². The minimum absolute atomic E-state index is 0.00894. The van der Waals surface area contributed by atoms with Gasteiger partial charge in [-0.3, -0.25) is 9.59 Å². The average Bonchev–Trinajstić information content (AvgIpc) is 3.02. The molecule has 27 heavy (non-hydrogen) atoms. The molecule has 2 aliphatic rings. The Kier molecular flexibility index (Phi) is 6.89. The van der Waals surface area contributed by atoms with Gasteiger partial charge in [-0.1, -0.05) is 29.8 Å². The normalized spacial score (nSPS) is 25.6. The van der Waals surface area contributed by atoms with Crippen molar-refractivity contribution in [1.82, 2.24) is 10.2 Å². The van der Waals surface area contributed by atoms with Gasteiger partial charge in [-0.05, 0) is 45.1 Å². The van der Waals surface area contributed by atoms with Crippen molar-refractivity contribution in [3.8, 4) is 0 Å². The van der Waals surface area contributed by atoms with Crippen LogP contribution in [0, 0.1) is 6.92 Å². The topological polar surface area (TPSA) is 53.9 Å². The molecule has 1 aromatic carbocycles. The summed E-state index contributed by atoms with van der Waals surface area (Å²) < 4.78 is 0. The van der Waals surface area contributed by atoms with Crippen LogP contribution in [0.5, 0.6) is 0 Å². The van der Waals surface area contributed by atoms with Gasteiger partial charge in [0, 0.05) is 25.9 Å². The Bertz CT molecular complexity index is 643. The molecule has 0 aliphatic carbocycles. The zero-order chi connectivity index (χ0) is 19.2. The molecule has 5 heteroatoms. The quantitative estimate of drug-likeness (QED) is 0.712. The van der Waals surface area contributed by atoms with E-state index < -0.39 is 0 Å². The molecule has 3 unspecified atom stereocenters. The molecule has 0 bridgehead atoms. The van der Waals surface area contributed by atoms with Gasteiger partial charge in [0.2, 0.25) is 11.8 Å². The highest BCUT2D eigenvalue weighted by Gasteiger charge is 2.35.